The van der Waals surface area contributed by atoms with Gasteiger partial charge in [-0.15, -0.1) is 11.3 Å². The number of urea groups is 1. The van der Waals surface area contributed by atoms with Crippen LogP contribution in [0.3, 0.4) is 0 Å². The molecule has 4 nitrogen and oxygen atoms in total. The van der Waals surface area contributed by atoms with Gasteiger partial charge in [0.15, 0.2) is 0 Å². The van der Waals surface area contributed by atoms with Gasteiger partial charge in [-0.3, -0.25) is 0 Å². The molecule has 1 aromatic heterocycles. The lowest BCUT2D eigenvalue weighted by Gasteiger charge is -2.34. The molecule has 2 atom stereocenters. The van der Waals surface area contributed by atoms with Gasteiger partial charge in [0.25, 0.3) is 0 Å². The molecule has 2 N–H and O–H groups in total. The van der Waals surface area contributed by atoms with E-state index >= 15 is 0 Å². The van der Waals surface area contributed by atoms with Crippen LogP contribution < -0.4 is 5.32 Å². The van der Waals surface area contributed by atoms with Crippen molar-refractivity contribution in [3.8, 4) is 0 Å². The number of aliphatic hydroxyl groups excluding tert-OH is 1. The summed E-state index contributed by atoms with van der Waals surface area (Å²) in [6.07, 6.45) is 0.473. The van der Waals surface area contributed by atoms with E-state index in [9.17, 15) is 9.90 Å². The van der Waals surface area contributed by atoms with E-state index < -0.39 is 6.10 Å². The molecule has 0 aromatic carbocycles. The molecule has 0 radical (unpaired) electrons. The predicted octanol–water partition coefficient (Wildman–Crippen LogP) is 1.97. The summed E-state index contributed by atoms with van der Waals surface area (Å²) in [6, 6.07) is 4.01. The van der Waals surface area contributed by atoms with Gasteiger partial charge in [0.1, 0.15) is 0 Å². The van der Waals surface area contributed by atoms with Gasteiger partial charge in [0.05, 0.1) is 12.6 Å². The second-order valence-electron chi connectivity index (χ2n) is 4.95. The van der Waals surface area contributed by atoms with Crippen LogP contribution in [0.25, 0.3) is 0 Å². The summed E-state index contributed by atoms with van der Waals surface area (Å²) in [6.45, 7) is 5.82. The van der Waals surface area contributed by atoms with E-state index in [2.05, 4.69) is 18.3 Å². The van der Waals surface area contributed by atoms with Gasteiger partial charge in [0.2, 0.25) is 0 Å². The summed E-state index contributed by atoms with van der Waals surface area (Å²) in [5, 5.41) is 12.7. The van der Waals surface area contributed by atoms with E-state index in [1.807, 2.05) is 13.0 Å². The maximum absolute atomic E-state index is 11.9. The van der Waals surface area contributed by atoms with Crippen molar-refractivity contribution in [2.24, 2.45) is 5.92 Å². The molecule has 2 rings (SSSR count). The normalized spacial score (nSPS) is 24.1. The second-order valence-corrected chi connectivity index (χ2v) is 6.32. The Kier molecular flexibility index (Phi) is 4.24. The van der Waals surface area contributed by atoms with Gasteiger partial charge in [0, 0.05) is 22.8 Å². The van der Waals surface area contributed by atoms with Crippen LogP contribution in [0.4, 0.5) is 4.79 Å². The smallest absolute Gasteiger partial charge is 0.317 e. The van der Waals surface area contributed by atoms with Crippen LogP contribution in [-0.2, 0) is 6.54 Å². The van der Waals surface area contributed by atoms with Crippen molar-refractivity contribution in [1.29, 1.82) is 0 Å². The molecule has 1 aliphatic rings. The van der Waals surface area contributed by atoms with Crippen molar-refractivity contribution >= 4 is 17.4 Å². The Morgan fingerprint density at radius 2 is 2.39 bits per heavy atom. The zero-order chi connectivity index (χ0) is 13.1. The van der Waals surface area contributed by atoms with Crippen LogP contribution in [0.2, 0.25) is 0 Å². The zero-order valence-electron chi connectivity index (χ0n) is 10.8. The van der Waals surface area contributed by atoms with E-state index in [4.69, 9.17) is 0 Å². The number of hydrogen-bond acceptors (Lipinski definition) is 3. The Balaban J connectivity index is 1.81. The van der Waals surface area contributed by atoms with E-state index in [0.29, 0.717) is 13.1 Å². The Labute approximate surface area is 112 Å². The molecule has 1 saturated heterocycles. The number of aliphatic hydroxyl groups is 1. The summed E-state index contributed by atoms with van der Waals surface area (Å²) < 4.78 is 0. The van der Waals surface area contributed by atoms with Gasteiger partial charge < -0.3 is 15.3 Å². The van der Waals surface area contributed by atoms with Crippen molar-refractivity contribution in [2.75, 3.05) is 13.1 Å². The number of nitrogens with zero attached hydrogens (tertiary/aromatic N) is 1. The molecule has 5 heteroatoms. The Hall–Kier alpha value is -1.07. The van der Waals surface area contributed by atoms with Crippen LogP contribution >= 0.6 is 11.3 Å². The van der Waals surface area contributed by atoms with Gasteiger partial charge >= 0.3 is 6.03 Å². The highest BCUT2D eigenvalue weighted by molar-refractivity contribution is 7.11. The minimum absolute atomic E-state index is 0.0768. The number of thiophene rings is 1. The number of hydrogen-bond donors (Lipinski definition) is 2. The highest BCUT2D eigenvalue weighted by Gasteiger charge is 2.26. The van der Waals surface area contributed by atoms with Gasteiger partial charge in [-0.2, -0.15) is 0 Å². The molecule has 18 heavy (non-hydrogen) atoms. The first kappa shape index (κ1) is 13.4. The zero-order valence-corrected chi connectivity index (χ0v) is 11.7. The minimum atomic E-state index is -0.395. The second kappa shape index (κ2) is 5.71. The topological polar surface area (TPSA) is 52.6 Å². The largest absolute Gasteiger partial charge is 0.391 e. The van der Waals surface area contributed by atoms with Crippen LogP contribution in [0, 0.1) is 12.8 Å². The average molecular weight is 268 g/mol. The first-order chi connectivity index (χ1) is 8.56. The fraction of sp³-hybridized carbons (Fsp3) is 0.615. The van der Waals surface area contributed by atoms with E-state index in [-0.39, 0.29) is 11.9 Å². The lowest BCUT2D eigenvalue weighted by molar-refractivity contribution is 0.0435. The number of aryl methyl sites for hydroxylation is 1. The average Bonchev–Trinajstić information content (AvgIpc) is 2.75. The van der Waals surface area contributed by atoms with Crippen molar-refractivity contribution in [1.82, 2.24) is 10.2 Å². The number of carbonyl (C=O) groups is 1. The molecule has 1 aromatic rings. The van der Waals surface area contributed by atoms with Gasteiger partial charge in [-0.1, -0.05) is 6.92 Å². The van der Waals surface area contributed by atoms with Crippen molar-refractivity contribution in [2.45, 2.75) is 32.9 Å². The van der Waals surface area contributed by atoms with Gasteiger partial charge in [-0.25, -0.2) is 4.79 Å². The van der Waals surface area contributed by atoms with E-state index in [0.717, 1.165) is 17.8 Å². The fourth-order valence-corrected chi connectivity index (χ4v) is 2.92. The van der Waals surface area contributed by atoms with Crippen molar-refractivity contribution in [3.63, 3.8) is 0 Å². The molecule has 0 spiro atoms. The fourth-order valence-electron chi connectivity index (χ4n) is 2.09. The lowest BCUT2D eigenvalue weighted by Crippen LogP contribution is -2.49. The standard InChI is InChI=1S/C13H20N2O2S/c1-9-5-6-15(8-12(9)16)13(17)14-7-11-4-3-10(2)18-11/h3-4,9,12,16H,5-8H2,1-2H3,(H,14,17). The summed E-state index contributed by atoms with van der Waals surface area (Å²) in [5.74, 6) is 0.286. The molecule has 2 heterocycles. The quantitative estimate of drug-likeness (QED) is 0.861. The molecule has 100 valence electrons. The van der Waals surface area contributed by atoms with Crippen molar-refractivity contribution in [3.05, 3.63) is 21.9 Å². The lowest BCUT2D eigenvalue weighted by atomic mass is 9.96. The molecule has 1 fully saturated rings. The number of β-amino-alcohol motifs (C(OH)–C–C–N with tert-alkyl or cyclic N) is 1. The SMILES string of the molecule is Cc1ccc(CNC(=O)N2CCC(C)C(O)C2)s1. The predicted molar refractivity (Wildman–Crippen MR) is 72.7 cm³/mol. The monoisotopic (exact) mass is 268 g/mol. The first-order valence-corrected chi connectivity index (χ1v) is 7.14. The van der Waals surface area contributed by atoms with Crippen LogP contribution in [-0.4, -0.2) is 35.2 Å². The molecule has 1 aliphatic heterocycles. The van der Waals surface area contributed by atoms with Crippen LogP contribution in [0.1, 0.15) is 23.1 Å². The molecule has 0 bridgehead atoms. The molecule has 0 saturated carbocycles. The Morgan fingerprint density at radius 1 is 1.61 bits per heavy atom. The molecule has 2 unspecified atom stereocenters. The maximum Gasteiger partial charge on any atom is 0.317 e. The maximum atomic E-state index is 11.9. The summed E-state index contributed by atoms with van der Waals surface area (Å²) in [7, 11) is 0. The third-order valence-electron chi connectivity index (χ3n) is 3.42. The summed E-state index contributed by atoms with van der Waals surface area (Å²) in [4.78, 5) is 16.0. The number of amides is 2. The van der Waals surface area contributed by atoms with E-state index in [1.165, 1.54) is 4.88 Å². The Bertz CT molecular complexity index is 419. The third-order valence-corrected chi connectivity index (χ3v) is 4.42. The minimum Gasteiger partial charge on any atom is -0.391 e. The number of rotatable bonds is 2. The third kappa shape index (κ3) is 3.23. The highest BCUT2D eigenvalue weighted by atomic mass is 32.1. The first-order valence-electron chi connectivity index (χ1n) is 6.32. The Morgan fingerprint density at radius 3 is 3.00 bits per heavy atom. The molecular weight excluding hydrogens is 248 g/mol. The van der Waals surface area contributed by atoms with Gasteiger partial charge in [-0.05, 0) is 31.4 Å². The molecule has 2 amide bonds. The molecule has 0 aliphatic carbocycles. The number of likely N-dealkylation sites (tertiary alicyclic amines) is 1. The number of carbonyl (C=O) groups excluding carboxylic acids is 1. The summed E-state index contributed by atoms with van der Waals surface area (Å²) >= 11 is 1.69. The van der Waals surface area contributed by atoms with Crippen LogP contribution in [0.15, 0.2) is 12.1 Å². The molecular formula is C13H20N2O2S. The number of nitrogens with one attached hydrogen (secondary N) is 1. The van der Waals surface area contributed by atoms with Crippen molar-refractivity contribution < 1.29 is 9.90 Å². The highest BCUT2D eigenvalue weighted by Crippen LogP contribution is 2.17. The van der Waals surface area contributed by atoms with Crippen LogP contribution in [0.5, 0.6) is 0 Å². The van der Waals surface area contributed by atoms with E-state index in [1.54, 1.807) is 16.2 Å². The number of piperidine rings is 1. The summed E-state index contributed by atoms with van der Waals surface area (Å²) in [5.41, 5.74) is 0.